The maximum atomic E-state index is 11.9. The number of fused-ring (bicyclic) bond motifs is 1. The molecule has 25 heavy (non-hydrogen) atoms. The molecule has 0 spiro atoms. The van der Waals surface area contributed by atoms with Crippen molar-refractivity contribution in [2.45, 2.75) is 52.2 Å². The monoisotopic (exact) mass is 351 g/mol. The van der Waals surface area contributed by atoms with Crippen molar-refractivity contribution in [3.8, 4) is 5.75 Å². The van der Waals surface area contributed by atoms with E-state index in [1.165, 1.54) is 6.42 Å². The van der Waals surface area contributed by atoms with Crippen LogP contribution >= 0.6 is 0 Å². The normalized spacial score (nSPS) is 17.5. The van der Waals surface area contributed by atoms with Crippen molar-refractivity contribution >= 4 is 11.6 Å². The Hall–Kier alpha value is -1.79. The Morgan fingerprint density at radius 1 is 1.40 bits per heavy atom. The topological polar surface area (TPSA) is 87.8 Å². The highest BCUT2D eigenvalue weighted by atomic mass is 16.5. The molecular formula is C19H33N3O3. The molecular weight excluding hydrogens is 318 g/mol. The Kier molecular flexibility index (Phi) is 8.19. The van der Waals surface area contributed by atoms with Gasteiger partial charge in [0.05, 0.1) is 19.2 Å². The van der Waals surface area contributed by atoms with Gasteiger partial charge in [0.1, 0.15) is 11.4 Å². The highest BCUT2D eigenvalue weighted by Gasteiger charge is 2.23. The average Bonchev–Trinajstić information content (AvgIpc) is 2.54. The molecule has 1 atom stereocenters. The molecule has 1 unspecified atom stereocenters. The minimum Gasteiger partial charge on any atom is -0.486 e. The zero-order valence-corrected chi connectivity index (χ0v) is 16.1. The summed E-state index contributed by atoms with van der Waals surface area (Å²) in [6, 6.07) is 5.56. The number of hydrogen-bond acceptors (Lipinski definition) is 5. The molecule has 142 valence electrons. The van der Waals surface area contributed by atoms with Crippen molar-refractivity contribution in [2.24, 2.45) is 5.73 Å². The minimum absolute atomic E-state index is 0.0760. The summed E-state index contributed by atoms with van der Waals surface area (Å²) in [6.45, 7) is 8.70. The first kappa shape index (κ1) is 21.3. The van der Waals surface area contributed by atoms with Gasteiger partial charge in [-0.05, 0) is 31.9 Å². The molecule has 1 heterocycles. The second-order valence-corrected chi connectivity index (χ2v) is 7.07. The summed E-state index contributed by atoms with van der Waals surface area (Å²) in [4.78, 5) is 13.8. The molecule has 0 fully saturated rings. The van der Waals surface area contributed by atoms with Gasteiger partial charge in [-0.1, -0.05) is 26.3 Å². The molecule has 1 amide bonds. The summed E-state index contributed by atoms with van der Waals surface area (Å²) in [5.74, 6) is 0.628. The zero-order valence-electron chi connectivity index (χ0n) is 16.1. The summed E-state index contributed by atoms with van der Waals surface area (Å²) in [7, 11) is 1.87. The van der Waals surface area contributed by atoms with Crippen LogP contribution in [0.2, 0.25) is 0 Å². The standard InChI is InChI=1S/C16H25N3O3.C3H8/c1-16(2,10-17)22-13-5-4-11-6-12(9-20)18-15(21)8-19(3)14(11)7-13;1-3-2/h4-5,7,12,20H,6,8-10,17H2,1-3H3,(H,18,21);3H2,1-2H3. The minimum atomic E-state index is -0.445. The van der Waals surface area contributed by atoms with Crippen LogP contribution in [0.5, 0.6) is 5.75 Å². The largest absolute Gasteiger partial charge is 0.486 e. The van der Waals surface area contributed by atoms with Gasteiger partial charge >= 0.3 is 0 Å². The number of nitrogens with two attached hydrogens (primary N) is 1. The van der Waals surface area contributed by atoms with Gasteiger partial charge in [-0.15, -0.1) is 0 Å². The first-order valence-corrected chi connectivity index (χ1v) is 8.89. The number of nitrogens with zero attached hydrogens (tertiary/aromatic N) is 1. The van der Waals surface area contributed by atoms with Crippen LogP contribution in [0.1, 0.15) is 39.7 Å². The van der Waals surface area contributed by atoms with Crippen LogP contribution in [0.15, 0.2) is 18.2 Å². The molecule has 2 rings (SSSR count). The lowest BCUT2D eigenvalue weighted by Gasteiger charge is -2.30. The van der Waals surface area contributed by atoms with Crippen molar-refractivity contribution in [1.29, 1.82) is 0 Å². The molecule has 0 aromatic heterocycles. The van der Waals surface area contributed by atoms with Crippen LogP contribution in [0.4, 0.5) is 5.69 Å². The fourth-order valence-corrected chi connectivity index (χ4v) is 2.50. The smallest absolute Gasteiger partial charge is 0.239 e. The Balaban J connectivity index is 0.000000970. The number of amides is 1. The van der Waals surface area contributed by atoms with E-state index in [0.717, 1.165) is 17.0 Å². The second kappa shape index (κ2) is 9.63. The Morgan fingerprint density at radius 3 is 2.60 bits per heavy atom. The van der Waals surface area contributed by atoms with Crippen molar-refractivity contribution in [3.05, 3.63) is 23.8 Å². The number of aliphatic hydroxyl groups is 1. The molecule has 6 heteroatoms. The van der Waals surface area contributed by atoms with E-state index in [0.29, 0.717) is 13.0 Å². The Labute approximate surface area is 151 Å². The molecule has 0 saturated carbocycles. The lowest BCUT2D eigenvalue weighted by molar-refractivity contribution is -0.120. The number of hydrogen-bond donors (Lipinski definition) is 3. The third-order valence-electron chi connectivity index (χ3n) is 3.79. The maximum Gasteiger partial charge on any atom is 0.239 e. The van der Waals surface area contributed by atoms with E-state index < -0.39 is 5.60 Å². The molecule has 0 aliphatic carbocycles. The fraction of sp³-hybridized carbons (Fsp3) is 0.632. The van der Waals surface area contributed by atoms with Gasteiger partial charge in [-0.2, -0.15) is 0 Å². The zero-order chi connectivity index (χ0) is 19.0. The number of rotatable bonds is 4. The van der Waals surface area contributed by atoms with E-state index in [9.17, 15) is 9.90 Å². The number of ether oxygens (including phenoxy) is 1. The van der Waals surface area contributed by atoms with Gasteiger partial charge in [-0.3, -0.25) is 4.79 Å². The van der Waals surface area contributed by atoms with E-state index in [1.807, 2.05) is 44.0 Å². The van der Waals surface area contributed by atoms with Gasteiger partial charge in [0.15, 0.2) is 0 Å². The average molecular weight is 351 g/mol. The van der Waals surface area contributed by atoms with Crippen LogP contribution in [0.25, 0.3) is 0 Å². The molecule has 1 aromatic rings. The highest BCUT2D eigenvalue weighted by Crippen LogP contribution is 2.29. The quantitative estimate of drug-likeness (QED) is 0.768. The summed E-state index contributed by atoms with van der Waals surface area (Å²) >= 11 is 0. The van der Waals surface area contributed by atoms with Crippen molar-refractivity contribution < 1.29 is 14.6 Å². The molecule has 0 radical (unpaired) electrons. The van der Waals surface area contributed by atoms with Crippen molar-refractivity contribution in [3.63, 3.8) is 0 Å². The van der Waals surface area contributed by atoms with Crippen LogP contribution in [0.3, 0.4) is 0 Å². The van der Waals surface area contributed by atoms with Crippen LogP contribution < -0.4 is 20.7 Å². The van der Waals surface area contributed by atoms with E-state index >= 15 is 0 Å². The third kappa shape index (κ3) is 6.55. The third-order valence-corrected chi connectivity index (χ3v) is 3.79. The van der Waals surface area contributed by atoms with E-state index in [4.69, 9.17) is 10.5 Å². The van der Waals surface area contributed by atoms with Crippen LogP contribution in [-0.4, -0.2) is 49.4 Å². The molecule has 4 N–H and O–H groups in total. The fourth-order valence-electron chi connectivity index (χ4n) is 2.50. The number of carbonyl (C=O) groups excluding carboxylic acids is 1. The molecule has 1 aliphatic rings. The first-order chi connectivity index (χ1) is 11.8. The van der Waals surface area contributed by atoms with Gasteiger partial charge in [0, 0.05) is 25.3 Å². The molecule has 6 nitrogen and oxygen atoms in total. The first-order valence-electron chi connectivity index (χ1n) is 8.89. The molecule has 1 aliphatic heterocycles. The lowest BCUT2D eigenvalue weighted by atomic mass is 10.0. The maximum absolute atomic E-state index is 11.9. The second-order valence-electron chi connectivity index (χ2n) is 7.07. The van der Waals surface area contributed by atoms with Crippen molar-refractivity contribution in [2.75, 3.05) is 31.6 Å². The SMILES string of the molecule is CCC.CN1CC(=O)NC(CO)Cc2ccc(OC(C)(C)CN)cc21. The Morgan fingerprint density at radius 2 is 2.04 bits per heavy atom. The summed E-state index contributed by atoms with van der Waals surface area (Å²) in [5.41, 5.74) is 7.27. The van der Waals surface area contributed by atoms with Crippen LogP contribution in [-0.2, 0) is 11.2 Å². The van der Waals surface area contributed by atoms with Crippen molar-refractivity contribution in [1.82, 2.24) is 5.32 Å². The van der Waals surface area contributed by atoms with Crippen LogP contribution in [0, 0.1) is 0 Å². The summed E-state index contributed by atoms with van der Waals surface area (Å²) < 4.78 is 5.92. The van der Waals surface area contributed by atoms with Gasteiger partial charge in [-0.25, -0.2) is 0 Å². The predicted molar refractivity (Wildman–Crippen MR) is 102 cm³/mol. The summed E-state index contributed by atoms with van der Waals surface area (Å²) in [6.07, 6.45) is 1.84. The number of benzene rings is 1. The number of nitrogens with one attached hydrogen (secondary N) is 1. The van der Waals surface area contributed by atoms with E-state index in [1.54, 1.807) is 0 Å². The van der Waals surface area contributed by atoms with Gasteiger partial charge < -0.3 is 25.8 Å². The van der Waals surface area contributed by atoms with Gasteiger partial charge in [0.25, 0.3) is 0 Å². The predicted octanol–water partition coefficient (Wildman–Crippen LogP) is 1.69. The summed E-state index contributed by atoms with van der Waals surface area (Å²) in [5, 5.41) is 12.2. The number of aliphatic hydroxyl groups excluding tert-OH is 1. The number of carbonyl (C=O) groups is 1. The van der Waals surface area contributed by atoms with E-state index in [2.05, 4.69) is 19.2 Å². The molecule has 0 bridgehead atoms. The van der Waals surface area contributed by atoms with E-state index in [-0.39, 0.29) is 25.1 Å². The number of anilines is 1. The lowest BCUT2D eigenvalue weighted by Crippen LogP contribution is -2.46. The highest BCUT2D eigenvalue weighted by molar-refractivity contribution is 5.82. The Bertz CT molecular complexity index is 561. The van der Waals surface area contributed by atoms with Gasteiger partial charge in [0.2, 0.25) is 5.91 Å². The molecule has 1 aromatic carbocycles. The molecule has 0 saturated heterocycles. The number of likely N-dealkylation sites (N-methyl/N-ethyl adjacent to an activating group) is 1.